The Morgan fingerprint density at radius 2 is 0.789 bits per heavy atom. The van der Waals surface area contributed by atoms with E-state index in [1.165, 1.54) is 24.3 Å². The Morgan fingerprint density at radius 3 is 0.895 bits per heavy atom. The van der Waals surface area contributed by atoms with E-state index in [0.29, 0.717) is 0 Å². The SMILES string of the molecule is FC(F)(F)C(F)(F)C(F)(F)F.Oc1ccc(O)cc1. The maximum Gasteiger partial charge on any atom is 0.463 e. The number of hydrogen-bond donors (Lipinski definition) is 2. The molecule has 0 aliphatic rings. The summed E-state index contributed by atoms with van der Waals surface area (Å²) in [5, 5.41) is 17.3. The molecule has 1 aromatic carbocycles. The lowest BCUT2D eigenvalue weighted by molar-refractivity contribution is -0.389. The van der Waals surface area contributed by atoms with E-state index in [1.807, 2.05) is 0 Å². The predicted molar refractivity (Wildman–Crippen MR) is 46.8 cm³/mol. The molecule has 0 spiro atoms. The topological polar surface area (TPSA) is 40.5 Å². The molecule has 110 valence electrons. The maximum atomic E-state index is 11.2. The third-order valence-corrected chi connectivity index (χ3v) is 1.56. The minimum absolute atomic E-state index is 0.169. The van der Waals surface area contributed by atoms with Crippen LogP contribution in [-0.4, -0.2) is 28.5 Å². The van der Waals surface area contributed by atoms with Crippen molar-refractivity contribution in [2.75, 3.05) is 0 Å². The summed E-state index contributed by atoms with van der Waals surface area (Å²) in [7, 11) is 0. The van der Waals surface area contributed by atoms with Crippen LogP contribution in [0.5, 0.6) is 11.5 Å². The highest BCUT2D eigenvalue weighted by molar-refractivity contribution is 5.28. The number of phenols is 2. The first-order valence-electron chi connectivity index (χ1n) is 4.28. The molecule has 2 N–H and O–H groups in total. The van der Waals surface area contributed by atoms with E-state index in [9.17, 15) is 35.1 Å². The molecule has 0 atom stereocenters. The van der Waals surface area contributed by atoms with Gasteiger partial charge in [0.05, 0.1) is 0 Å². The Kier molecular flexibility index (Phi) is 4.99. The Bertz CT molecular complexity index is 355. The van der Waals surface area contributed by atoms with Crippen molar-refractivity contribution in [2.24, 2.45) is 0 Å². The van der Waals surface area contributed by atoms with Gasteiger partial charge in [-0.1, -0.05) is 0 Å². The first-order chi connectivity index (χ1) is 8.29. The summed E-state index contributed by atoms with van der Waals surface area (Å²) in [6.45, 7) is 0. The minimum Gasteiger partial charge on any atom is -0.508 e. The van der Waals surface area contributed by atoms with Crippen molar-refractivity contribution in [2.45, 2.75) is 18.3 Å². The van der Waals surface area contributed by atoms with Crippen LogP contribution in [0.4, 0.5) is 35.1 Å². The fraction of sp³-hybridized carbons (Fsp3) is 0.333. The molecule has 0 amide bonds. The van der Waals surface area contributed by atoms with E-state index in [2.05, 4.69) is 0 Å². The summed E-state index contributed by atoms with van der Waals surface area (Å²) in [5.41, 5.74) is 0. The standard InChI is InChI=1S/C6H6O2.C3F8/c7-5-1-2-6(8)4-3-5;4-1(5,2(6,7)8)3(9,10)11/h1-4,7-8H;. The highest BCUT2D eigenvalue weighted by Crippen LogP contribution is 2.46. The minimum atomic E-state index is -6.62. The Hall–Kier alpha value is -1.74. The summed E-state index contributed by atoms with van der Waals surface area (Å²) in [5.74, 6) is -6.29. The van der Waals surface area contributed by atoms with E-state index < -0.39 is 18.3 Å². The van der Waals surface area contributed by atoms with Gasteiger partial charge in [-0.15, -0.1) is 0 Å². The second kappa shape index (κ2) is 5.49. The van der Waals surface area contributed by atoms with E-state index >= 15 is 0 Å². The van der Waals surface area contributed by atoms with Crippen molar-refractivity contribution in [1.29, 1.82) is 0 Å². The molecule has 1 rings (SSSR count). The van der Waals surface area contributed by atoms with Crippen LogP contribution in [-0.2, 0) is 0 Å². The second-order valence-corrected chi connectivity index (χ2v) is 3.09. The molecule has 0 aliphatic heterocycles. The largest absolute Gasteiger partial charge is 0.508 e. The number of halogens is 8. The van der Waals surface area contributed by atoms with Gasteiger partial charge >= 0.3 is 18.3 Å². The Morgan fingerprint density at radius 1 is 0.579 bits per heavy atom. The zero-order valence-electron chi connectivity index (χ0n) is 8.73. The van der Waals surface area contributed by atoms with Crippen LogP contribution in [0.2, 0.25) is 0 Å². The molecule has 10 heteroatoms. The summed E-state index contributed by atoms with van der Waals surface area (Å²) >= 11 is 0. The number of phenolic OH excluding ortho intramolecular Hbond substituents is 2. The number of aromatic hydroxyl groups is 2. The molecule has 0 saturated heterocycles. The first-order valence-corrected chi connectivity index (χ1v) is 4.28. The number of benzene rings is 1. The lowest BCUT2D eigenvalue weighted by Gasteiger charge is -2.21. The summed E-state index contributed by atoms with van der Waals surface area (Å²) in [4.78, 5) is 0. The van der Waals surface area contributed by atoms with Crippen molar-refractivity contribution in [1.82, 2.24) is 0 Å². The molecule has 0 bridgehead atoms. The smallest absolute Gasteiger partial charge is 0.463 e. The van der Waals surface area contributed by atoms with Crippen LogP contribution in [0.3, 0.4) is 0 Å². The molecule has 0 saturated carbocycles. The number of hydrogen-bond acceptors (Lipinski definition) is 2. The van der Waals surface area contributed by atoms with Crippen molar-refractivity contribution in [3.63, 3.8) is 0 Å². The predicted octanol–water partition coefficient (Wildman–Crippen LogP) is 3.84. The Labute approximate surface area is 100 Å². The van der Waals surface area contributed by atoms with Gasteiger partial charge in [-0.2, -0.15) is 35.1 Å². The molecule has 1 aromatic rings. The number of rotatable bonds is 0. The van der Waals surface area contributed by atoms with Gasteiger partial charge in [0.25, 0.3) is 0 Å². The molecule has 0 fully saturated rings. The molecule has 0 aromatic heterocycles. The van der Waals surface area contributed by atoms with Crippen molar-refractivity contribution < 1.29 is 45.3 Å². The summed E-state index contributed by atoms with van der Waals surface area (Å²) < 4.78 is 87.5. The molecule has 0 unspecified atom stereocenters. The van der Waals surface area contributed by atoms with E-state index in [0.717, 1.165) is 0 Å². The van der Waals surface area contributed by atoms with E-state index in [-0.39, 0.29) is 11.5 Å². The van der Waals surface area contributed by atoms with Gasteiger partial charge < -0.3 is 10.2 Å². The third-order valence-electron chi connectivity index (χ3n) is 1.56. The lowest BCUT2D eigenvalue weighted by Crippen LogP contribution is -2.49. The van der Waals surface area contributed by atoms with Gasteiger partial charge in [-0.25, -0.2) is 0 Å². The second-order valence-electron chi connectivity index (χ2n) is 3.09. The molecular weight excluding hydrogens is 292 g/mol. The van der Waals surface area contributed by atoms with Gasteiger partial charge in [0.2, 0.25) is 0 Å². The number of alkyl halides is 8. The van der Waals surface area contributed by atoms with Crippen molar-refractivity contribution >= 4 is 0 Å². The molecular formula is C9H6F8O2. The van der Waals surface area contributed by atoms with Gasteiger partial charge in [0, 0.05) is 0 Å². The quantitative estimate of drug-likeness (QED) is 0.564. The summed E-state index contributed by atoms with van der Waals surface area (Å²) in [6, 6.07) is 5.70. The van der Waals surface area contributed by atoms with E-state index in [4.69, 9.17) is 10.2 Å². The molecule has 0 heterocycles. The lowest BCUT2D eigenvalue weighted by atomic mass is 10.3. The Balaban J connectivity index is 0.000000356. The first kappa shape index (κ1) is 17.3. The average Bonchev–Trinajstić information content (AvgIpc) is 2.20. The van der Waals surface area contributed by atoms with Crippen LogP contribution < -0.4 is 0 Å². The van der Waals surface area contributed by atoms with Crippen LogP contribution in [0.15, 0.2) is 24.3 Å². The molecule has 2 nitrogen and oxygen atoms in total. The van der Waals surface area contributed by atoms with Gasteiger partial charge in [0.1, 0.15) is 11.5 Å². The van der Waals surface area contributed by atoms with E-state index in [1.54, 1.807) is 0 Å². The van der Waals surface area contributed by atoms with Crippen molar-refractivity contribution in [3.05, 3.63) is 24.3 Å². The maximum absolute atomic E-state index is 11.2. The van der Waals surface area contributed by atoms with Crippen LogP contribution in [0.1, 0.15) is 0 Å². The summed E-state index contributed by atoms with van der Waals surface area (Å²) in [6.07, 6.45) is -13.2. The zero-order chi connectivity index (χ0) is 15.5. The third kappa shape index (κ3) is 4.79. The van der Waals surface area contributed by atoms with Crippen molar-refractivity contribution in [3.8, 4) is 11.5 Å². The monoisotopic (exact) mass is 298 g/mol. The fourth-order valence-corrected chi connectivity index (χ4v) is 0.613. The van der Waals surface area contributed by atoms with Gasteiger partial charge in [0.15, 0.2) is 0 Å². The van der Waals surface area contributed by atoms with Gasteiger partial charge in [-0.05, 0) is 24.3 Å². The van der Waals surface area contributed by atoms with Crippen LogP contribution >= 0.6 is 0 Å². The average molecular weight is 298 g/mol. The zero-order valence-corrected chi connectivity index (χ0v) is 8.73. The van der Waals surface area contributed by atoms with Crippen LogP contribution in [0, 0.1) is 0 Å². The highest BCUT2D eigenvalue weighted by Gasteiger charge is 2.74. The van der Waals surface area contributed by atoms with Crippen LogP contribution in [0.25, 0.3) is 0 Å². The molecule has 19 heavy (non-hydrogen) atoms. The normalized spacial score (nSPS) is 12.6. The molecule has 0 radical (unpaired) electrons. The molecule has 0 aliphatic carbocycles. The fourth-order valence-electron chi connectivity index (χ4n) is 0.613. The van der Waals surface area contributed by atoms with Gasteiger partial charge in [-0.3, -0.25) is 0 Å². The highest BCUT2D eigenvalue weighted by atomic mass is 19.5.